The Balaban J connectivity index is 1.71. The first-order valence-corrected chi connectivity index (χ1v) is 6.93. The van der Waals surface area contributed by atoms with E-state index < -0.39 is 0 Å². The molecule has 0 aliphatic carbocycles. The molecule has 2 heterocycles. The monoisotopic (exact) mass is 283 g/mol. The zero-order valence-corrected chi connectivity index (χ0v) is 11.8. The van der Waals surface area contributed by atoms with E-state index in [1.807, 2.05) is 49.5 Å². The first-order chi connectivity index (χ1) is 10.4. The Labute approximate surface area is 123 Å². The number of nitrogens with one attached hydrogen (secondary N) is 1. The first kappa shape index (κ1) is 13.6. The molecule has 1 aromatic carbocycles. The smallest absolute Gasteiger partial charge is 0.237 e. The predicted molar refractivity (Wildman–Crippen MR) is 77.8 cm³/mol. The van der Waals surface area contributed by atoms with Crippen LogP contribution in [0.3, 0.4) is 0 Å². The summed E-state index contributed by atoms with van der Waals surface area (Å²) in [5.41, 5.74) is 1.10. The average Bonchev–Trinajstić information content (AvgIpc) is 3.19. The van der Waals surface area contributed by atoms with Crippen LogP contribution < -0.4 is 5.32 Å². The Morgan fingerprint density at radius 2 is 1.90 bits per heavy atom. The summed E-state index contributed by atoms with van der Waals surface area (Å²) in [5.74, 6) is 2.12. The van der Waals surface area contributed by atoms with Crippen LogP contribution in [0.4, 0.5) is 0 Å². The Bertz CT molecular complexity index is 662. The molecule has 0 aliphatic rings. The molecule has 1 unspecified atom stereocenters. The summed E-state index contributed by atoms with van der Waals surface area (Å²) in [5, 5.41) is 11.5. The summed E-state index contributed by atoms with van der Waals surface area (Å²) >= 11 is 0. The van der Waals surface area contributed by atoms with Gasteiger partial charge in [0.1, 0.15) is 11.8 Å². The second-order valence-corrected chi connectivity index (χ2v) is 4.75. The van der Waals surface area contributed by atoms with Crippen molar-refractivity contribution < 1.29 is 8.83 Å². The molecule has 108 valence electrons. The van der Waals surface area contributed by atoms with Gasteiger partial charge in [0.2, 0.25) is 11.8 Å². The molecule has 0 bridgehead atoms. The van der Waals surface area contributed by atoms with E-state index in [9.17, 15) is 0 Å². The molecule has 1 atom stereocenters. The van der Waals surface area contributed by atoms with Crippen molar-refractivity contribution in [2.24, 2.45) is 0 Å². The van der Waals surface area contributed by atoms with E-state index in [2.05, 4.69) is 15.5 Å². The molecular formula is C16H17N3O2. The molecule has 0 radical (unpaired) electrons. The number of aryl methyl sites for hydroxylation is 2. The summed E-state index contributed by atoms with van der Waals surface area (Å²) in [6, 6.07) is 13.8. The van der Waals surface area contributed by atoms with Crippen molar-refractivity contribution >= 4 is 0 Å². The molecule has 0 fully saturated rings. The second-order valence-electron chi connectivity index (χ2n) is 4.75. The number of furan rings is 1. The molecule has 0 saturated carbocycles. The molecule has 3 aromatic rings. The molecule has 0 amide bonds. The van der Waals surface area contributed by atoms with Crippen molar-refractivity contribution in [3.05, 3.63) is 71.8 Å². The third kappa shape index (κ3) is 3.20. The summed E-state index contributed by atoms with van der Waals surface area (Å²) in [7, 11) is 1.88. The van der Waals surface area contributed by atoms with Gasteiger partial charge < -0.3 is 14.2 Å². The van der Waals surface area contributed by atoms with E-state index in [0.29, 0.717) is 18.2 Å². The third-order valence-corrected chi connectivity index (χ3v) is 3.32. The van der Waals surface area contributed by atoms with Gasteiger partial charge >= 0.3 is 0 Å². The van der Waals surface area contributed by atoms with Crippen LogP contribution in [-0.2, 0) is 12.8 Å². The second kappa shape index (κ2) is 6.37. The fraction of sp³-hybridized carbons (Fsp3) is 0.250. The van der Waals surface area contributed by atoms with Gasteiger partial charge in [0.15, 0.2) is 0 Å². The van der Waals surface area contributed by atoms with E-state index in [0.717, 1.165) is 17.7 Å². The number of hydrogen-bond donors (Lipinski definition) is 1. The van der Waals surface area contributed by atoms with Gasteiger partial charge in [-0.2, -0.15) is 0 Å². The van der Waals surface area contributed by atoms with Gasteiger partial charge in [0, 0.05) is 12.8 Å². The molecule has 5 nitrogen and oxygen atoms in total. The van der Waals surface area contributed by atoms with Gasteiger partial charge in [0.25, 0.3) is 0 Å². The van der Waals surface area contributed by atoms with Gasteiger partial charge in [-0.15, -0.1) is 10.2 Å². The molecule has 21 heavy (non-hydrogen) atoms. The van der Waals surface area contributed by atoms with Crippen LogP contribution >= 0.6 is 0 Å². The fourth-order valence-electron chi connectivity index (χ4n) is 2.25. The predicted octanol–water partition coefficient (Wildman–Crippen LogP) is 2.76. The minimum absolute atomic E-state index is 0.0870. The van der Waals surface area contributed by atoms with Crippen molar-refractivity contribution in [3.63, 3.8) is 0 Å². The van der Waals surface area contributed by atoms with E-state index in [1.54, 1.807) is 6.26 Å². The summed E-state index contributed by atoms with van der Waals surface area (Å²) < 4.78 is 11.1. The van der Waals surface area contributed by atoms with E-state index in [-0.39, 0.29) is 6.04 Å². The third-order valence-electron chi connectivity index (χ3n) is 3.32. The summed E-state index contributed by atoms with van der Waals surface area (Å²) in [6.45, 7) is 0. The highest BCUT2D eigenvalue weighted by molar-refractivity contribution is 5.23. The quantitative estimate of drug-likeness (QED) is 0.753. The highest BCUT2D eigenvalue weighted by Gasteiger charge is 2.18. The zero-order chi connectivity index (χ0) is 14.5. The maximum atomic E-state index is 5.76. The lowest BCUT2D eigenvalue weighted by atomic mass is 10.1. The number of hydrogen-bond acceptors (Lipinski definition) is 5. The maximum absolute atomic E-state index is 5.76. The molecule has 0 spiro atoms. The Kier molecular flexibility index (Phi) is 4.12. The van der Waals surface area contributed by atoms with Crippen LogP contribution in [-0.4, -0.2) is 17.2 Å². The largest absolute Gasteiger partial charge is 0.469 e. The standard InChI is InChI=1S/C16H17N3O2/c1-17-15(12-6-3-2-4-7-12)16-19-18-14(21-16)10-9-13-8-5-11-20-13/h2-8,11,15,17H,9-10H2,1H3. The van der Waals surface area contributed by atoms with E-state index in [4.69, 9.17) is 8.83 Å². The lowest BCUT2D eigenvalue weighted by Gasteiger charge is -2.11. The number of nitrogens with zero attached hydrogens (tertiary/aromatic N) is 2. The molecule has 1 N–H and O–H groups in total. The van der Waals surface area contributed by atoms with Gasteiger partial charge in [-0.25, -0.2) is 0 Å². The van der Waals surface area contributed by atoms with Crippen molar-refractivity contribution in [3.8, 4) is 0 Å². The zero-order valence-electron chi connectivity index (χ0n) is 11.8. The molecular weight excluding hydrogens is 266 g/mol. The van der Waals surface area contributed by atoms with Crippen LogP contribution in [0.1, 0.15) is 29.1 Å². The van der Waals surface area contributed by atoms with Crippen molar-refractivity contribution in [1.82, 2.24) is 15.5 Å². The maximum Gasteiger partial charge on any atom is 0.237 e. The molecule has 0 saturated heterocycles. The molecule has 5 heteroatoms. The minimum Gasteiger partial charge on any atom is -0.469 e. The average molecular weight is 283 g/mol. The van der Waals surface area contributed by atoms with Crippen LogP contribution in [0.25, 0.3) is 0 Å². The van der Waals surface area contributed by atoms with Gasteiger partial charge in [0.05, 0.1) is 6.26 Å². The topological polar surface area (TPSA) is 64.1 Å². The van der Waals surface area contributed by atoms with Crippen molar-refractivity contribution in [1.29, 1.82) is 0 Å². The highest BCUT2D eigenvalue weighted by Crippen LogP contribution is 2.20. The van der Waals surface area contributed by atoms with Gasteiger partial charge in [-0.3, -0.25) is 0 Å². The first-order valence-electron chi connectivity index (χ1n) is 6.93. The number of aromatic nitrogens is 2. The number of benzene rings is 1. The normalized spacial score (nSPS) is 12.4. The summed E-state index contributed by atoms with van der Waals surface area (Å²) in [4.78, 5) is 0. The van der Waals surface area contributed by atoms with Crippen LogP contribution in [0.2, 0.25) is 0 Å². The Morgan fingerprint density at radius 1 is 1.05 bits per heavy atom. The molecule has 3 rings (SSSR count). The van der Waals surface area contributed by atoms with Crippen LogP contribution in [0.5, 0.6) is 0 Å². The highest BCUT2D eigenvalue weighted by atomic mass is 16.4. The van der Waals surface area contributed by atoms with Gasteiger partial charge in [-0.1, -0.05) is 30.3 Å². The van der Waals surface area contributed by atoms with Gasteiger partial charge in [-0.05, 0) is 24.7 Å². The minimum atomic E-state index is -0.0870. The molecule has 2 aromatic heterocycles. The SMILES string of the molecule is CNC(c1ccccc1)c1nnc(CCc2ccco2)o1. The Hall–Kier alpha value is -2.40. The lowest BCUT2D eigenvalue weighted by Crippen LogP contribution is -2.17. The van der Waals surface area contributed by atoms with Crippen LogP contribution in [0, 0.1) is 0 Å². The molecule has 0 aliphatic heterocycles. The van der Waals surface area contributed by atoms with Crippen molar-refractivity contribution in [2.45, 2.75) is 18.9 Å². The number of rotatable bonds is 6. The summed E-state index contributed by atoms with van der Waals surface area (Å²) in [6.07, 6.45) is 3.09. The lowest BCUT2D eigenvalue weighted by molar-refractivity contribution is 0.409. The van der Waals surface area contributed by atoms with E-state index >= 15 is 0 Å². The Morgan fingerprint density at radius 3 is 2.62 bits per heavy atom. The van der Waals surface area contributed by atoms with Crippen LogP contribution in [0.15, 0.2) is 57.6 Å². The van der Waals surface area contributed by atoms with Crippen molar-refractivity contribution in [2.75, 3.05) is 7.05 Å². The fourth-order valence-corrected chi connectivity index (χ4v) is 2.25. The van der Waals surface area contributed by atoms with E-state index in [1.165, 1.54) is 0 Å².